The average Bonchev–Trinajstić information content (AvgIpc) is 3.27. The molecule has 1 aliphatic carbocycles. The van der Waals surface area contributed by atoms with Crippen LogP contribution in [0.5, 0.6) is 0 Å². The van der Waals surface area contributed by atoms with Gasteiger partial charge >= 0.3 is 6.03 Å². The Balaban J connectivity index is 1.77. The molecule has 1 saturated heterocycles. The van der Waals surface area contributed by atoms with Gasteiger partial charge in [0.25, 0.3) is 0 Å². The molecule has 1 aromatic rings. The maximum Gasteiger partial charge on any atom is 0.322 e. The summed E-state index contributed by atoms with van der Waals surface area (Å²) < 4.78 is 0. The van der Waals surface area contributed by atoms with Gasteiger partial charge in [0.05, 0.1) is 0 Å². The minimum atomic E-state index is -0.337. The Morgan fingerprint density at radius 2 is 2.00 bits per heavy atom. The van der Waals surface area contributed by atoms with Gasteiger partial charge in [0.2, 0.25) is 5.91 Å². The summed E-state index contributed by atoms with van der Waals surface area (Å²) in [7, 11) is 0. The third-order valence-electron chi connectivity index (χ3n) is 5.30. The SMILES string of the molecule is CCCc1cccc(C(C)C)c1NC(=O)N1CCC[C@H]1C(=O)NC1CC1. The number of nitrogens with one attached hydrogen (secondary N) is 2. The van der Waals surface area contributed by atoms with Crippen LogP contribution in [0.4, 0.5) is 10.5 Å². The first-order chi connectivity index (χ1) is 12.5. The Labute approximate surface area is 156 Å². The molecule has 0 aromatic heterocycles. The Morgan fingerprint density at radius 3 is 2.65 bits per heavy atom. The van der Waals surface area contributed by atoms with E-state index in [9.17, 15) is 9.59 Å². The summed E-state index contributed by atoms with van der Waals surface area (Å²) in [6.07, 6.45) is 5.71. The van der Waals surface area contributed by atoms with Crippen LogP contribution >= 0.6 is 0 Å². The smallest absolute Gasteiger partial charge is 0.322 e. The molecule has 3 amide bonds. The van der Waals surface area contributed by atoms with E-state index < -0.39 is 0 Å². The van der Waals surface area contributed by atoms with Crippen LogP contribution in [0.3, 0.4) is 0 Å². The molecular formula is C21H31N3O2. The van der Waals surface area contributed by atoms with Crippen molar-refractivity contribution in [3.63, 3.8) is 0 Å². The summed E-state index contributed by atoms with van der Waals surface area (Å²) >= 11 is 0. The van der Waals surface area contributed by atoms with Crippen LogP contribution in [0, 0.1) is 0 Å². The van der Waals surface area contributed by atoms with Gasteiger partial charge in [-0.25, -0.2) is 4.79 Å². The summed E-state index contributed by atoms with van der Waals surface area (Å²) in [6.45, 7) is 7.07. The van der Waals surface area contributed by atoms with Gasteiger partial charge in [-0.1, -0.05) is 45.4 Å². The number of anilines is 1. The van der Waals surface area contributed by atoms with Gasteiger partial charge in [-0.2, -0.15) is 0 Å². The van der Waals surface area contributed by atoms with Gasteiger partial charge in [-0.3, -0.25) is 4.79 Å². The summed E-state index contributed by atoms with van der Waals surface area (Å²) in [5.74, 6) is 0.334. The second kappa shape index (κ2) is 8.11. The van der Waals surface area contributed by atoms with E-state index in [1.165, 1.54) is 5.56 Å². The van der Waals surface area contributed by atoms with E-state index in [4.69, 9.17) is 0 Å². The highest BCUT2D eigenvalue weighted by Crippen LogP contribution is 2.30. The van der Waals surface area contributed by atoms with Crippen molar-refractivity contribution < 1.29 is 9.59 Å². The lowest BCUT2D eigenvalue weighted by Crippen LogP contribution is -2.48. The Kier molecular flexibility index (Phi) is 5.84. The van der Waals surface area contributed by atoms with E-state index in [2.05, 4.69) is 49.6 Å². The van der Waals surface area contributed by atoms with Crippen LogP contribution in [-0.4, -0.2) is 35.5 Å². The van der Waals surface area contributed by atoms with E-state index in [1.54, 1.807) is 4.90 Å². The highest BCUT2D eigenvalue weighted by Gasteiger charge is 2.36. The van der Waals surface area contributed by atoms with E-state index in [-0.39, 0.29) is 18.0 Å². The number of aryl methyl sites for hydroxylation is 1. The number of hydrogen-bond donors (Lipinski definition) is 2. The topological polar surface area (TPSA) is 61.4 Å². The largest absolute Gasteiger partial charge is 0.352 e. The van der Waals surface area contributed by atoms with Crippen molar-refractivity contribution in [2.75, 3.05) is 11.9 Å². The molecule has 142 valence electrons. The fraction of sp³-hybridized carbons (Fsp3) is 0.619. The van der Waals surface area contributed by atoms with Crippen molar-refractivity contribution in [2.45, 2.75) is 77.3 Å². The molecule has 26 heavy (non-hydrogen) atoms. The van der Waals surface area contributed by atoms with Gasteiger partial charge in [-0.15, -0.1) is 0 Å². The third-order valence-corrected chi connectivity index (χ3v) is 5.30. The lowest BCUT2D eigenvalue weighted by atomic mass is 9.96. The summed E-state index contributed by atoms with van der Waals surface area (Å²) in [5, 5.41) is 6.19. The predicted molar refractivity (Wildman–Crippen MR) is 104 cm³/mol. The number of hydrogen-bond acceptors (Lipinski definition) is 2. The molecule has 1 aliphatic heterocycles. The lowest BCUT2D eigenvalue weighted by Gasteiger charge is -2.26. The molecule has 0 unspecified atom stereocenters. The zero-order valence-electron chi connectivity index (χ0n) is 16.2. The number of carbonyl (C=O) groups excluding carboxylic acids is 2. The van der Waals surface area contributed by atoms with Crippen LogP contribution in [0.2, 0.25) is 0 Å². The van der Waals surface area contributed by atoms with Crippen molar-refractivity contribution in [3.8, 4) is 0 Å². The van der Waals surface area contributed by atoms with Gasteiger partial charge in [-0.05, 0) is 49.1 Å². The number of likely N-dealkylation sites (tertiary alicyclic amines) is 1. The number of rotatable bonds is 6. The molecule has 1 aromatic carbocycles. The lowest BCUT2D eigenvalue weighted by molar-refractivity contribution is -0.124. The highest BCUT2D eigenvalue weighted by atomic mass is 16.2. The van der Waals surface area contributed by atoms with Crippen molar-refractivity contribution >= 4 is 17.6 Å². The standard InChI is InChI=1S/C21H31N3O2/c1-4-7-15-8-5-9-17(14(2)3)19(15)23-21(26)24-13-6-10-18(24)20(25)22-16-11-12-16/h5,8-9,14,16,18H,4,6-7,10-13H2,1-3H3,(H,22,25)(H,23,26)/t18-/m0/s1. The van der Waals surface area contributed by atoms with E-state index in [0.29, 0.717) is 18.5 Å². The Morgan fingerprint density at radius 1 is 1.23 bits per heavy atom. The van der Waals surface area contributed by atoms with E-state index >= 15 is 0 Å². The molecule has 1 saturated carbocycles. The van der Waals surface area contributed by atoms with Crippen LogP contribution in [0.1, 0.15) is 69.9 Å². The first-order valence-electron chi connectivity index (χ1n) is 10.0. The summed E-state index contributed by atoms with van der Waals surface area (Å²) in [5.41, 5.74) is 3.26. The number of benzene rings is 1. The van der Waals surface area contributed by atoms with Crippen molar-refractivity contribution in [1.29, 1.82) is 0 Å². The maximum atomic E-state index is 13.0. The molecule has 5 heteroatoms. The summed E-state index contributed by atoms with van der Waals surface area (Å²) in [6, 6.07) is 6.08. The zero-order chi connectivity index (χ0) is 18.7. The minimum absolute atomic E-state index is 0.00563. The number of urea groups is 1. The molecule has 0 radical (unpaired) electrons. The van der Waals surface area contributed by atoms with Gasteiger partial charge < -0.3 is 15.5 Å². The number of para-hydroxylation sites is 1. The molecule has 2 fully saturated rings. The van der Waals surface area contributed by atoms with E-state index in [1.807, 2.05) is 0 Å². The first-order valence-corrected chi connectivity index (χ1v) is 10.0. The monoisotopic (exact) mass is 357 g/mol. The predicted octanol–water partition coefficient (Wildman–Crippen LogP) is 4.04. The maximum absolute atomic E-state index is 13.0. The third kappa shape index (κ3) is 4.19. The number of nitrogens with zero attached hydrogens (tertiary/aromatic N) is 1. The molecule has 1 atom stereocenters. The van der Waals surface area contributed by atoms with Crippen molar-refractivity contribution in [2.24, 2.45) is 0 Å². The Hall–Kier alpha value is -2.04. The van der Waals surface area contributed by atoms with Gasteiger partial charge in [0, 0.05) is 18.3 Å². The zero-order valence-corrected chi connectivity index (χ0v) is 16.2. The fourth-order valence-corrected chi connectivity index (χ4v) is 3.72. The molecule has 5 nitrogen and oxygen atoms in total. The molecule has 1 heterocycles. The highest BCUT2D eigenvalue weighted by molar-refractivity contribution is 5.95. The minimum Gasteiger partial charge on any atom is -0.352 e. The van der Waals surface area contributed by atoms with Crippen molar-refractivity contribution in [1.82, 2.24) is 10.2 Å². The average molecular weight is 357 g/mol. The van der Waals surface area contributed by atoms with Crippen LogP contribution in [-0.2, 0) is 11.2 Å². The number of amides is 3. The Bertz CT molecular complexity index is 667. The first kappa shape index (κ1) is 18.7. The van der Waals surface area contributed by atoms with Gasteiger partial charge in [0.15, 0.2) is 0 Å². The second-order valence-corrected chi connectivity index (χ2v) is 7.85. The normalized spacial score (nSPS) is 19.7. The van der Waals surface area contributed by atoms with E-state index in [0.717, 1.165) is 49.8 Å². The van der Waals surface area contributed by atoms with Crippen LogP contribution < -0.4 is 10.6 Å². The quantitative estimate of drug-likeness (QED) is 0.807. The number of carbonyl (C=O) groups is 2. The molecule has 0 bridgehead atoms. The fourth-order valence-electron chi connectivity index (χ4n) is 3.72. The van der Waals surface area contributed by atoms with Crippen molar-refractivity contribution in [3.05, 3.63) is 29.3 Å². The van der Waals surface area contributed by atoms with Crippen LogP contribution in [0.25, 0.3) is 0 Å². The molecule has 0 spiro atoms. The molecule has 2 aliphatic rings. The summed E-state index contributed by atoms with van der Waals surface area (Å²) in [4.78, 5) is 27.2. The molecule has 2 N–H and O–H groups in total. The molecular weight excluding hydrogens is 326 g/mol. The van der Waals surface area contributed by atoms with Gasteiger partial charge in [0.1, 0.15) is 6.04 Å². The second-order valence-electron chi connectivity index (χ2n) is 7.85. The van der Waals surface area contributed by atoms with Crippen LogP contribution in [0.15, 0.2) is 18.2 Å². The molecule has 3 rings (SSSR count).